The number of aromatic nitrogens is 1. The lowest BCUT2D eigenvalue weighted by atomic mass is 9.72. The Morgan fingerprint density at radius 2 is 2.06 bits per heavy atom. The molecule has 3 aliphatic rings. The maximum atomic E-state index is 13.3. The van der Waals surface area contributed by atoms with Gasteiger partial charge in [-0.25, -0.2) is 0 Å². The van der Waals surface area contributed by atoms with Crippen molar-refractivity contribution in [2.75, 3.05) is 13.1 Å². The molecule has 2 fully saturated rings. The SMILES string of the molecule is CCCN1C[C@H](C(=O)OC2CCCCC2O)C[C@@H]2c3cccc4c3c(cn4C(C)C)C[C@H]21. The van der Waals surface area contributed by atoms with E-state index in [1.165, 1.54) is 22.0 Å². The van der Waals surface area contributed by atoms with Crippen LogP contribution in [-0.4, -0.2) is 51.9 Å². The molecular formula is C27H38N2O3. The molecule has 5 heteroatoms. The number of esters is 1. The molecule has 0 spiro atoms. The van der Waals surface area contributed by atoms with Gasteiger partial charge in [-0.1, -0.05) is 25.5 Å². The molecule has 2 heterocycles. The number of rotatable bonds is 5. The number of aliphatic hydroxyl groups excluding tert-OH is 1. The van der Waals surface area contributed by atoms with Gasteiger partial charge in [-0.05, 0) is 76.1 Å². The van der Waals surface area contributed by atoms with Gasteiger partial charge >= 0.3 is 5.97 Å². The molecule has 1 saturated heterocycles. The number of hydrogen-bond acceptors (Lipinski definition) is 4. The van der Waals surface area contributed by atoms with Gasteiger partial charge in [0.1, 0.15) is 6.10 Å². The highest BCUT2D eigenvalue weighted by molar-refractivity contribution is 5.89. The second-order valence-electron chi connectivity index (χ2n) is 10.5. The fourth-order valence-corrected chi connectivity index (χ4v) is 6.53. The predicted molar refractivity (Wildman–Crippen MR) is 127 cm³/mol. The van der Waals surface area contributed by atoms with E-state index in [-0.39, 0.29) is 18.0 Å². The highest BCUT2D eigenvalue weighted by Crippen LogP contribution is 2.46. The zero-order valence-electron chi connectivity index (χ0n) is 19.8. The molecule has 1 aliphatic heterocycles. The number of carbonyl (C=O) groups is 1. The van der Waals surface area contributed by atoms with Crippen LogP contribution in [0.4, 0.5) is 0 Å². The van der Waals surface area contributed by atoms with E-state index in [1.807, 2.05) is 0 Å². The molecule has 2 aliphatic carbocycles. The molecule has 1 aromatic carbocycles. The number of fused-ring (bicyclic) bond motifs is 2. The first-order valence-electron chi connectivity index (χ1n) is 12.7. The maximum Gasteiger partial charge on any atom is 0.310 e. The van der Waals surface area contributed by atoms with E-state index in [1.54, 1.807) is 0 Å². The fourth-order valence-electron chi connectivity index (χ4n) is 6.53. The molecule has 32 heavy (non-hydrogen) atoms. The van der Waals surface area contributed by atoms with Crippen molar-refractivity contribution in [3.63, 3.8) is 0 Å². The number of nitrogens with zero attached hydrogens (tertiary/aromatic N) is 2. The molecule has 5 atom stereocenters. The van der Waals surface area contributed by atoms with Gasteiger partial charge in [0.25, 0.3) is 0 Å². The van der Waals surface area contributed by atoms with Crippen LogP contribution in [0.25, 0.3) is 10.9 Å². The molecule has 1 N–H and O–H groups in total. The normalized spacial score (nSPS) is 30.5. The minimum Gasteiger partial charge on any atom is -0.459 e. The quantitative estimate of drug-likeness (QED) is 0.681. The molecule has 174 valence electrons. The van der Waals surface area contributed by atoms with E-state index in [9.17, 15) is 9.90 Å². The molecule has 0 bridgehead atoms. The molecule has 1 aromatic heterocycles. The van der Waals surface area contributed by atoms with Crippen molar-refractivity contribution in [3.05, 3.63) is 35.5 Å². The number of hydrogen-bond donors (Lipinski definition) is 1. The van der Waals surface area contributed by atoms with E-state index in [2.05, 4.69) is 54.6 Å². The summed E-state index contributed by atoms with van der Waals surface area (Å²) in [5.41, 5.74) is 4.19. The number of piperidine rings is 1. The number of ether oxygens (including phenoxy) is 1. The summed E-state index contributed by atoms with van der Waals surface area (Å²) < 4.78 is 8.32. The Kier molecular flexibility index (Phi) is 6.06. The van der Waals surface area contributed by atoms with Crippen LogP contribution >= 0.6 is 0 Å². The van der Waals surface area contributed by atoms with Crippen molar-refractivity contribution in [2.24, 2.45) is 5.92 Å². The van der Waals surface area contributed by atoms with E-state index in [0.717, 1.165) is 58.0 Å². The first kappa shape index (κ1) is 22.0. The van der Waals surface area contributed by atoms with E-state index < -0.39 is 6.10 Å². The van der Waals surface area contributed by atoms with Crippen molar-refractivity contribution < 1.29 is 14.6 Å². The van der Waals surface area contributed by atoms with Crippen molar-refractivity contribution in [3.8, 4) is 0 Å². The summed E-state index contributed by atoms with van der Waals surface area (Å²) in [7, 11) is 0. The van der Waals surface area contributed by atoms with Gasteiger partial charge < -0.3 is 14.4 Å². The molecule has 5 nitrogen and oxygen atoms in total. The minimum absolute atomic E-state index is 0.103. The lowest BCUT2D eigenvalue weighted by molar-refractivity contribution is -0.165. The second-order valence-corrected chi connectivity index (χ2v) is 10.5. The third kappa shape index (κ3) is 3.77. The fraction of sp³-hybridized carbons (Fsp3) is 0.667. The van der Waals surface area contributed by atoms with Gasteiger partial charge in [0.05, 0.1) is 12.0 Å². The third-order valence-electron chi connectivity index (χ3n) is 8.06. The molecule has 5 rings (SSSR count). The van der Waals surface area contributed by atoms with Crippen LogP contribution < -0.4 is 0 Å². The summed E-state index contributed by atoms with van der Waals surface area (Å²) in [6.07, 6.45) is 8.11. The Morgan fingerprint density at radius 3 is 2.81 bits per heavy atom. The van der Waals surface area contributed by atoms with E-state index >= 15 is 0 Å². The maximum absolute atomic E-state index is 13.3. The van der Waals surface area contributed by atoms with Gasteiger partial charge in [0.15, 0.2) is 0 Å². The molecule has 1 saturated carbocycles. The number of aliphatic hydroxyl groups is 1. The van der Waals surface area contributed by atoms with Crippen LogP contribution in [0.3, 0.4) is 0 Å². The summed E-state index contributed by atoms with van der Waals surface area (Å²) in [4.78, 5) is 15.8. The summed E-state index contributed by atoms with van der Waals surface area (Å²) in [5, 5.41) is 11.7. The first-order valence-corrected chi connectivity index (χ1v) is 12.7. The lowest BCUT2D eigenvalue weighted by Gasteiger charge is -2.46. The largest absolute Gasteiger partial charge is 0.459 e. The molecular weight excluding hydrogens is 400 g/mol. The minimum atomic E-state index is -0.502. The highest BCUT2D eigenvalue weighted by atomic mass is 16.6. The highest BCUT2D eigenvalue weighted by Gasteiger charge is 2.44. The second kappa shape index (κ2) is 8.83. The number of likely N-dealkylation sites (tertiary alicyclic amines) is 1. The monoisotopic (exact) mass is 438 g/mol. The smallest absolute Gasteiger partial charge is 0.310 e. The van der Waals surface area contributed by atoms with Crippen LogP contribution in [0, 0.1) is 5.92 Å². The average Bonchev–Trinajstić information content (AvgIpc) is 3.16. The molecule has 0 amide bonds. The number of carbonyl (C=O) groups excluding carboxylic acids is 1. The van der Waals surface area contributed by atoms with E-state index in [0.29, 0.717) is 18.0 Å². The average molecular weight is 439 g/mol. The van der Waals surface area contributed by atoms with Crippen LogP contribution in [-0.2, 0) is 16.0 Å². The molecule has 0 radical (unpaired) electrons. The molecule has 2 unspecified atom stereocenters. The van der Waals surface area contributed by atoms with E-state index in [4.69, 9.17) is 4.74 Å². The van der Waals surface area contributed by atoms with Crippen molar-refractivity contribution >= 4 is 16.9 Å². The third-order valence-corrected chi connectivity index (χ3v) is 8.06. The zero-order valence-corrected chi connectivity index (χ0v) is 19.8. The Balaban J connectivity index is 1.45. The standard InChI is InChI=1S/C27H38N2O3/c1-4-12-28-15-19(27(31)32-25-11-6-5-10-24(25)30)13-21-20-8-7-9-22-26(20)18(14-23(21)28)16-29(22)17(2)3/h7-9,16-17,19,21,23-25,30H,4-6,10-15H2,1-3H3/t19-,21-,23-,24?,25?/m1/s1. The predicted octanol–water partition coefficient (Wildman–Crippen LogP) is 4.81. The Labute approximate surface area is 191 Å². The van der Waals surface area contributed by atoms with Gasteiger partial charge in [-0.2, -0.15) is 0 Å². The van der Waals surface area contributed by atoms with Gasteiger partial charge in [-0.3, -0.25) is 9.69 Å². The Hall–Kier alpha value is -1.85. The Morgan fingerprint density at radius 1 is 1.25 bits per heavy atom. The number of benzene rings is 1. The van der Waals surface area contributed by atoms with Gasteiger partial charge in [0, 0.05) is 41.6 Å². The van der Waals surface area contributed by atoms with Crippen LogP contribution in [0.2, 0.25) is 0 Å². The molecule has 2 aromatic rings. The van der Waals surface area contributed by atoms with Crippen LogP contribution in [0.1, 0.15) is 82.4 Å². The van der Waals surface area contributed by atoms with Crippen molar-refractivity contribution in [1.82, 2.24) is 9.47 Å². The summed E-state index contributed by atoms with van der Waals surface area (Å²) in [6.45, 7) is 8.49. The van der Waals surface area contributed by atoms with Crippen molar-refractivity contribution in [1.29, 1.82) is 0 Å². The summed E-state index contributed by atoms with van der Waals surface area (Å²) in [5.74, 6) is 0.123. The van der Waals surface area contributed by atoms with Crippen molar-refractivity contribution in [2.45, 2.75) is 95.9 Å². The van der Waals surface area contributed by atoms with Gasteiger partial charge in [-0.15, -0.1) is 0 Å². The van der Waals surface area contributed by atoms with Crippen LogP contribution in [0.15, 0.2) is 24.4 Å². The first-order chi connectivity index (χ1) is 15.5. The Bertz CT molecular complexity index is 981. The lowest BCUT2D eigenvalue weighted by Crippen LogP contribution is -2.52. The summed E-state index contributed by atoms with van der Waals surface area (Å²) in [6, 6.07) is 7.59. The topological polar surface area (TPSA) is 54.7 Å². The zero-order chi connectivity index (χ0) is 22.4. The van der Waals surface area contributed by atoms with Gasteiger partial charge in [0.2, 0.25) is 0 Å². The summed E-state index contributed by atoms with van der Waals surface area (Å²) >= 11 is 0. The van der Waals surface area contributed by atoms with Crippen LogP contribution in [0.5, 0.6) is 0 Å².